The molecule has 1 fully saturated rings. The van der Waals surface area contributed by atoms with Crippen molar-refractivity contribution in [2.75, 3.05) is 53.0 Å². The van der Waals surface area contributed by atoms with Gasteiger partial charge in [-0.3, -0.25) is 9.69 Å². The van der Waals surface area contributed by atoms with E-state index in [0.717, 1.165) is 45.9 Å². The number of nitrogens with zero attached hydrogens (tertiary/aromatic N) is 2. The number of piperazine rings is 1. The van der Waals surface area contributed by atoms with Crippen LogP contribution in [0.25, 0.3) is 0 Å². The van der Waals surface area contributed by atoms with Crippen molar-refractivity contribution in [3.63, 3.8) is 0 Å². The fraction of sp³-hybridized carbons (Fsp3) is 0.917. The van der Waals surface area contributed by atoms with E-state index in [1.54, 1.807) is 7.11 Å². The van der Waals surface area contributed by atoms with Crippen LogP contribution in [0.4, 0.5) is 0 Å². The molecule has 0 aromatic heterocycles. The van der Waals surface area contributed by atoms with Crippen molar-refractivity contribution in [3.05, 3.63) is 0 Å². The first-order chi connectivity index (χ1) is 8.11. The molecule has 0 aromatic rings. The first-order valence-electron chi connectivity index (χ1n) is 6.27. The summed E-state index contributed by atoms with van der Waals surface area (Å²) in [6.07, 6.45) is 0.268. The van der Waals surface area contributed by atoms with Crippen molar-refractivity contribution >= 4 is 5.97 Å². The molecule has 1 heterocycles. The van der Waals surface area contributed by atoms with Gasteiger partial charge >= 0.3 is 5.97 Å². The summed E-state index contributed by atoms with van der Waals surface area (Å²) in [7, 11) is 1.73. The van der Waals surface area contributed by atoms with Crippen molar-refractivity contribution in [2.45, 2.75) is 13.3 Å². The van der Waals surface area contributed by atoms with Crippen LogP contribution in [-0.4, -0.2) is 73.9 Å². The summed E-state index contributed by atoms with van der Waals surface area (Å²) in [4.78, 5) is 15.3. The Kier molecular flexibility index (Phi) is 6.47. The average Bonchev–Trinajstić information content (AvgIpc) is 2.27. The topological polar surface area (TPSA) is 53.0 Å². The molecule has 0 spiro atoms. The molecule has 1 saturated heterocycles. The Hall–Kier alpha value is -0.650. The maximum Gasteiger partial charge on any atom is 0.303 e. The zero-order chi connectivity index (χ0) is 12.7. The van der Waals surface area contributed by atoms with E-state index < -0.39 is 5.97 Å². The van der Waals surface area contributed by atoms with Crippen molar-refractivity contribution in [2.24, 2.45) is 5.92 Å². The minimum atomic E-state index is -0.698. The second-order valence-electron chi connectivity index (χ2n) is 4.84. The van der Waals surface area contributed by atoms with Crippen LogP contribution in [0.2, 0.25) is 0 Å². The van der Waals surface area contributed by atoms with Gasteiger partial charge in [0.15, 0.2) is 0 Å². The number of aliphatic carboxylic acids is 1. The molecule has 5 heteroatoms. The Morgan fingerprint density at radius 3 is 2.41 bits per heavy atom. The van der Waals surface area contributed by atoms with Crippen LogP contribution in [0.1, 0.15) is 13.3 Å². The minimum absolute atomic E-state index is 0.234. The van der Waals surface area contributed by atoms with Gasteiger partial charge < -0.3 is 14.7 Å². The Labute approximate surface area is 103 Å². The van der Waals surface area contributed by atoms with Crippen LogP contribution in [0.5, 0.6) is 0 Å². The molecule has 1 N–H and O–H groups in total. The second-order valence-corrected chi connectivity index (χ2v) is 4.84. The second kappa shape index (κ2) is 7.63. The van der Waals surface area contributed by atoms with E-state index in [1.807, 2.05) is 6.92 Å². The summed E-state index contributed by atoms with van der Waals surface area (Å²) in [6, 6.07) is 0. The molecule has 0 bridgehead atoms. The number of carboxylic acids is 1. The summed E-state index contributed by atoms with van der Waals surface area (Å²) in [6.45, 7) is 8.87. The van der Waals surface area contributed by atoms with Gasteiger partial charge in [0.25, 0.3) is 0 Å². The molecule has 17 heavy (non-hydrogen) atoms. The predicted molar refractivity (Wildman–Crippen MR) is 66.2 cm³/mol. The Balaban J connectivity index is 2.16. The molecular formula is C12H24N2O3. The van der Waals surface area contributed by atoms with Crippen LogP contribution in [-0.2, 0) is 9.53 Å². The number of carboxylic acid groups (broad SMARTS) is 1. The number of hydrogen-bond donors (Lipinski definition) is 1. The third-order valence-electron chi connectivity index (χ3n) is 3.17. The zero-order valence-electron chi connectivity index (χ0n) is 10.9. The fourth-order valence-corrected chi connectivity index (χ4v) is 2.22. The van der Waals surface area contributed by atoms with Gasteiger partial charge in [0.05, 0.1) is 6.61 Å². The van der Waals surface area contributed by atoms with Gasteiger partial charge in [-0.15, -0.1) is 0 Å². The molecule has 0 aromatic carbocycles. The third-order valence-corrected chi connectivity index (χ3v) is 3.17. The maximum atomic E-state index is 10.6. The lowest BCUT2D eigenvalue weighted by Gasteiger charge is -2.35. The molecule has 0 radical (unpaired) electrons. The quantitative estimate of drug-likeness (QED) is 0.701. The van der Waals surface area contributed by atoms with Crippen molar-refractivity contribution < 1.29 is 14.6 Å². The first-order valence-corrected chi connectivity index (χ1v) is 6.27. The number of hydrogen-bond acceptors (Lipinski definition) is 4. The Bertz CT molecular complexity index is 228. The van der Waals surface area contributed by atoms with Gasteiger partial charge in [-0.25, -0.2) is 0 Å². The number of rotatable bonds is 7. The minimum Gasteiger partial charge on any atom is -0.481 e. The van der Waals surface area contributed by atoms with E-state index in [1.165, 1.54) is 0 Å². The molecular weight excluding hydrogens is 220 g/mol. The monoisotopic (exact) mass is 244 g/mol. The van der Waals surface area contributed by atoms with E-state index in [0.29, 0.717) is 0 Å². The predicted octanol–water partition coefficient (Wildman–Crippen LogP) is 0.361. The SMILES string of the molecule is COCCN1CCN(CC(C)CC(=O)O)CC1. The standard InChI is InChI=1S/C12H24N2O3/c1-11(9-12(15)16)10-14-5-3-13(4-6-14)7-8-17-2/h11H,3-10H2,1-2H3,(H,15,16). The van der Waals surface area contributed by atoms with Gasteiger partial charge in [0.2, 0.25) is 0 Å². The van der Waals surface area contributed by atoms with E-state index in [9.17, 15) is 4.79 Å². The first kappa shape index (κ1) is 14.4. The Morgan fingerprint density at radius 1 is 1.29 bits per heavy atom. The summed E-state index contributed by atoms with van der Waals surface area (Å²) in [5, 5.41) is 8.71. The van der Waals surface area contributed by atoms with E-state index in [4.69, 9.17) is 9.84 Å². The van der Waals surface area contributed by atoms with Gasteiger partial charge in [-0.2, -0.15) is 0 Å². The highest BCUT2D eigenvalue weighted by atomic mass is 16.5. The van der Waals surface area contributed by atoms with E-state index in [-0.39, 0.29) is 12.3 Å². The van der Waals surface area contributed by atoms with Gasteiger partial charge in [0.1, 0.15) is 0 Å². The van der Waals surface area contributed by atoms with Crippen LogP contribution in [0.3, 0.4) is 0 Å². The normalized spacial score (nSPS) is 20.4. The molecule has 0 amide bonds. The smallest absolute Gasteiger partial charge is 0.303 e. The summed E-state index contributed by atoms with van der Waals surface area (Å²) in [5.41, 5.74) is 0. The van der Waals surface area contributed by atoms with Crippen LogP contribution in [0, 0.1) is 5.92 Å². The molecule has 1 unspecified atom stereocenters. The van der Waals surface area contributed by atoms with Gasteiger partial charge in [-0.1, -0.05) is 6.92 Å². The van der Waals surface area contributed by atoms with Gasteiger partial charge in [0, 0.05) is 52.8 Å². The highest BCUT2D eigenvalue weighted by molar-refractivity contribution is 5.66. The summed E-state index contributed by atoms with van der Waals surface area (Å²) >= 11 is 0. The van der Waals surface area contributed by atoms with Crippen LogP contribution < -0.4 is 0 Å². The lowest BCUT2D eigenvalue weighted by Crippen LogP contribution is -2.48. The fourth-order valence-electron chi connectivity index (χ4n) is 2.22. The number of methoxy groups -OCH3 is 1. The van der Waals surface area contributed by atoms with Crippen molar-refractivity contribution in [3.8, 4) is 0 Å². The Morgan fingerprint density at radius 2 is 1.88 bits per heavy atom. The summed E-state index contributed by atoms with van der Waals surface area (Å²) < 4.78 is 5.06. The summed E-state index contributed by atoms with van der Waals surface area (Å²) in [5.74, 6) is -0.464. The molecule has 0 aliphatic carbocycles. The maximum absolute atomic E-state index is 10.6. The van der Waals surface area contributed by atoms with Gasteiger partial charge in [-0.05, 0) is 5.92 Å². The van der Waals surface area contributed by atoms with Crippen molar-refractivity contribution in [1.82, 2.24) is 9.80 Å². The molecule has 0 saturated carbocycles. The highest BCUT2D eigenvalue weighted by Crippen LogP contribution is 2.08. The number of ether oxygens (including phenoxy) is 1. The average molecular weight is 244 g/mol. The molecule has 1 aliphatic heterocycles. The van der Waals surface area contributed by atoms with E-state index >= 15 is 0 Å². The largest absolute Gasteiger partial charge is 0.481 e. The molecule has 5 nitrogen and oxygen atoms in total. The molecule has 100 valence electrons. The van der Waals surface area contributed by atoms with E-state index in [2.05, 4.69) is 9.80 Å². The molecule has 1 aliphatic rings. The van der Waals surface area contributed by atoms with Crippen LogP contribution in [0.15, 0.2) is 0 Å². The number of carbonyl (C=O) groups is 1. The van der Waals surface area contributed by atoms with Crippen LogP contribution >= 0.6 is 0 Å². The lowest BCUT2D eigenvalue weighted by atomic mass is 10.1. The molecule has 1 rings (SSSR count). The highest BCUT2D eigenvalue weighted by Gasteiger charge is 2.19. The van der Waals surface area contributed by atoms with Crippen molar-refractivity contribution in [1.29, 1.82) is 0 Å². The lowest BCUT2D eigenvalue weighted by molar-refractivity contribution is -0.138. The third kappa shape index (κ3) is 6.00. The molecule has 1 atom stereocenters. The zero-order valence-corrected chi connectivity index (χ0v) is 10.9.